The molecule has 0 atom stereocenters. The molecule has 11 aromatic rings. The fraction of sp³-hybridized carbons (Fsp3) is 0. The first-order valence-electron chi connectivity index (χ1n) is 19.4. The van der Waals surface area contributed by atoms with E-state index in [-0.39, 0.29) is 0 Å². The Morgan fingerprint density at radius 3 is 1.77 bits per heavy atom. The molecule has 3 heteroatoms. The predicted molar refractivity (Wildman–Crippen MR) is 239 cm³/mol. The number of rotatable bonds is 6. The normalized spacial score (nSPS) is 11.5. The number of hydrogen-bond donors (Lipinski definition) is 0. The van der Waals surface area contributed by atoms with Crippen molar-refractivity contribution in [3.63, 3.8) is 0 Å². The van der Waals surface area contributed by atoms with Crippen molar-refractivity contribution in [3.05, 3.63) is 212 Å². The molecule has 0 N–H and O–H groups in total. The minimum absolute atomic E-state index is 0.694. The zero-order valence-corrected chi connectivity index (χ0v) is 31.0. The quantitative estimate of drug-likeness (QED) is 0.171. The number of benzene rings is 9. The zero-order chi connectivity index (χ0) is 37.7. The van der Waals surface area contributed by atoms with Crippen LogP contribution in [0.2, 0.25) is 0 Å². The highest BCUT2D eigenvalue weighted by Crippen LogP contribution is 2.42. The van der Waals surface area contributed by atoms with E-state index in [1.807, 2.05) is 0 Å². The van der Waals surface area contributed by atoms with Crippen LogP contribution in [0.1, 0.15) is 0 Å². The molecule has 0 aliphatic carbocycles. The SMILES string of the molecule is c1ccc(-c2cc(-c3ccccc3)c3c(c2)c2ccccc2n3-c2cccc(-c3nc(-c4ccc(-c5cccc6ccccc56)cc4)c4ccccc4n3)c2)cc1. The van der Waals surface area contributed by atoms with E-state index in [4.69, 9.17) is 9.97 Å². The molecule has 0 spiro atoms. The van der Waals surface area contributed by atoms with Crippen LogP contribution in [0.5, 0.6) is 0 Å². The van der Waals surface area contributed by atoms with Crippen LogP contribution in [0.3, 0.4) is 0 Å². The average molecular weight is 726 g/mol. The second-order valence-electron chi connectivity index (χ2n) is 14.6. The summed E-state index contributed by atoms with van der Waals surface area (Å²) in [6.07, 6.45) is 0. The predicted octanol–water partition coefficient (Wildman–Crippen LogP) is 14.2. The lowest BCUT2D eigenvalue weighted by atomic mass is 9.95. The Hall–Kier alpha value is -7.62. The largest absolute Gasteiger partial charge is 0.309 e. The van der Waals surface area contributed by atoms with E-state index in [9.17, 15) is 0 Å². The van der Waals surface area contributed by atoms with E-state index in [1.165, 1.54) is 60.4 Å². The molecule has 0 fully saturated rings. The van der Waals surface area contributed by atoms with Gasteiger partial charge in [-0.25, -0.2) is 9.97 Å². The molecule has 11 rings (SSSR count). The van der Waals surface area contributed by atoms with Crippen LogP contribution in [0.25, 0.3) is 105 Å². The van der Waals surface area contributed by atoms with Crippen LogP contribution in [-0.2, 0) is 0 Å². The lowest BCUT2D eigenvalue weighted by Crippen LogP contribution is -1.99. The van der Waals surface area contributed by atoms with Crippen LogP contribution >= 0.6 is 0 Å². The summed E-state index contributed by atoms with van der Waals surface area (Å²) in [6.45, 7) is 0. The Morgan fingerprint density at radius 1 is 0.333 bits per heavy atom. The lowest BCUT2D eigenvalue weighted by molar-refractivity contribution is 1.17. The van der Waals surface area contributed by atoms with Gasteiger partial charge in [0.15, 0.2) is 5.82 Å². The topological polar surface area (TPSA) is 30.7 Å². The van der Waals surface area contributed by atoms with Crippen molar-refractivity contribution in [1.82, 2.24) is 14.5 Å². The molecule has 0 amide bonds. The Morgan fingerprint density at radius 2 is 0.947 bits per heavy atom. The Balaban J connectivity index is 1.08. The van der Waals surface area contributed by atoms with Gasteiger partial charge in [-0.1, -0.05) is 176 Å². The first kappa shape index (κ1) is 32.8. The number of hydrogen-bond acceptors (Lipinski definition) is 2. The van der Waals surface area contributed by atoms with Crippen molar-refractivity contribution in [2.24, 2.45) is 0 Å². The van der Waals surface area contributed by atoms with Gasteiger partial charge >= 0.3 is 0 Å². The highest BCUT2D eigenvalue weighted by Gasteiger charge is 2.20. The van der Waals surface area contributed by atoms with Gasteiger partial charge in [0, 0.05) is 38.5 Å². The van der Waals surface area contributed by atoms with Crippen molar-refractivity contribution in [3.8, 4) is 61.7 Å². The van der Waals surface area contributed by atoms with E-state index in [2.05, 4.69) is 217 Å². The first-order valence-corrected chi connectivity index (χ1v) is 19.4. The molecule has 9 aromatic carbocycles. The van der Waals surface area contributed by atoms with E-state index in [0.717, 1.165) is 38.9 Å². The molecule has 0 bridgehead atoms. The van der Waals surface area contributed by atoms with E-state index >= 15 is 0 Å². The Labute approximate surface area is 330 Å². The zero-order valence-electron chi connectivity index (χ0n) is 31.0. The molecule has 0 aliphatic rings. The smallest absolute Gasteiger partial charge is 0.160 e. The maximum Gasteiger partial charge on any atom is 0.160 e. The van der Waals surface area contributed by atoms with E-state index < -0.39 is 0 Å². The standard InChI is InChI=1S/C54H35N3/c1-3-15-36(16-4-1)42-34-48(38-17-5-2-6-18-38)53-49(35-42)46-24-10-12-28-51(46)57(53)43-22-13-21-41(33-43)54-55-50-27-11-9-25-47(50)52(56-54)40-31-29-39(30-32-40)45-26-14-20-37-19-7-8-23-44(37)45/h1-35H. The summed E-state index contributed by atoms with van der Waals surface area (Å²) in [6, 6.07) is 75.7. The maximum absolute atomic E-state index is 5.33. The van der Waals surface area contributed by atoms with Crippen molar-refractivity contribution < 1.29 is 0 Å². The van der Waals surface area contributed by atoms with Gasteiger partial charge < -0.3 is 4.57 Å². The van der Waals surface area contributed by atoms with Gasteiger partial charge in [0.05, 0.1) is 22.2 Å². The molecule has 0 saturated heterocycles. The number of fused-ring (bicyclic) bond motifs is 5. The van der Waals surface area contributed by atoms with Crippen molar-refractivity contribution >= 4 is 43.5 Å². The van der Waals surface area contributed by atoms with Crippen molar-refractivity contribution in [2.75, 3.05) is 0 Å². The monoisotopic (exact) mass is 725 g/mol. The molecule has 0 radical (unpaired) electrons. The minimum atomic E-state index is 0.694. The van der Waals surface area contributed by atoms with Gasteiger partial charge in [0.2, 0.25) is 0 Å². The maximum atomic E-state index is 5.33. The summed E-state index contributed by atoms with van der Waals surface area (Å²) in [5.41, 5.74) is 14.4. The van der Waals surface area contributed by atoms with Gasteiger partial charge in [0.1, 0.15) is 0 Å². The van der Waals surface area contributed by atoms with Gasteiger partial charge in [0.25, 0.3) is 0 Å². The molecule has 0 saturated carbocycles. The fourth-order valence-electron chi connectivity index (χ4n) is 8.50. The minimum Gasteiger partial charge on any atom is -0.309 e. The summed E-state index contributed by atoms with van der Waals surface area (Å²) in [5.74, 6) is 0.694. The number of aromatic nitrogens is 3. The van der Waals surface area contributed by atoms with Crippen molar-refractivity contribution in [2.45, 2.75) is 0 Å². The second kappa shape index (κ2) is 13.6. The van der Waals surface area contributed by atoms with Gasteiger partial charge in [-0.15, -0.1) is 0 Å². The third-order valence-electron chi connectivity index (χ3n) is 11.2. The molecular formula is C54H35N3. The molecule has 2 heterocycles. The highest BCUT2D eigenvalue weighted by molar-refractivity contribution is 6.15. The number of para-hydroxylation sites is 2. The van der Waals surface area contributed by atoms with Crippen LogP contribution in [0.4, 0.5) is 0 Å². The Kier molecular flexibility index (Phi) is 7.82. The Bertz CT molecular complexity index is 3270. The lowest BCUT2D eigenvalue weighted by Gasteiger charge is -2.15. The molecule has 0 unspecified atom stereocenters. The van der Waals surface area contributed by atoms with Crippen LogP contribution < -0.4 is 0 Å². The van der Waals surface area contributed by atoms with Gasteiger partial charge in [-0.3, -0.25) is 0 Å². The molecule has 266 valence electrons. The summed E-state index contributed by atoms with van der Waals surface area (Å²) in [4.78, 5) is 10.5. The molecule has 2 aromatic heterocycles. The summed E-state index contributed by atoms with van der Waals surface area (Å²) in [7, 11) is 0. The van der Waals surface area contributed by atoms with E-state index in [0.29, 0.717) is 5.82 Å². The third-order valence-corrected chi connectivity index (χ3v) is 11.2. The van der Waals surface area contributed by atoms with Crippen LogP contribution in [0, 0.1) is 0 Å². The van der Waals surface area contributed by atoms with Crippen LogP contribution in [-0.4, -0.2) is 14.5 Å². The van der Waals surface area contributed by atoms with Crippen molar-refractivity contribution in [1.29, 1.82) is 0 Å². The average Bonchev–Trinajstić information content (AvgIpc) is 3.63. The summed E-state index contributed by atoms with van der Waals surface area (Å²) >= 11 is 0. The molecule has 57 heavy (non-hydrogen) atoms. The van der Waals surface area contributed by atoms with Gasteiger partial charge in [-0.05, 0) is 75.0 Å². The van der Waals surface area contributed by atoms with Crippen LogP contribution in [0.15, 0.2) is 212 Å². The summed E-state index contributed by atoms with van der Waals surface area (Å²) in [5, 5.41) is 5.94. The second-order valence-corrected chi connectivity index (χ2v) is 14.6. The highest BCUT2D eigenvalue weighted by atomic mass is 15.0. The number of nitrogens with zero attached hydrogens (tertiary/aromatic N) is 3. The molecule has 0 aliphatic heterocycles. The van der Waals surface area contributed by atoms with E-state index in [1.54, 1.807) is 0 Å². The third kappa shape index (κ3) is 5.68. The first-order chi connectivity index (χ1) is 28.3. The fourth-order valence-corrected chi connectivity index (χ4v) is 8.50. The molecule has 3 nitrogen and oxygen atoms in total. The summed E-state index contributed by atoms with van der Waals surface area (Å²) < 4.78 is 2.42. The van der Waals surface area contributed by atoms with Gasteiger partial charge in [-0.2, -0.15) is 0 Å². The molecular weight excluding hydrogens is 691 g/mol.